The van der Waals surface area contributed by atoms with Crippen LogP contribution in [0.2, 0.25) is 0 Å². The molecule has 138 valence electrons. The number of halogens is 1. The van der Waals surface area contributed by atoms with Gasteiger partial charge in [-0.25, -0.2) is 12.8 Å². The molecule has 0 radical (unpaired) electrons. The summed E-state index contributed by atoms with van der Waals surface area (Å²) in [5.74, 6) is -0.316. The molecule has 0 aromatic heterocycles. The van der Waals surface area contributed by atoms with Crippen LogP contribution in [0.4, 0.5) is 10.1 Å². The maximum Gasteiger partial charge on any atom is 0.245 e. The number of sulfonamides is 1. The minimum absolute atomic E-state index is 0.0377. The maximum absolute atomic E-state index is 13.1. The normalized spacial score (nSPS) is 18.8. The van der Waals surface area contributed by atoms with Crippen LogP contribution in [-0.4, -0.2) is 44.9 Å². The van der Waals surface area contributed by atoms with Gasteiger partial charge in [-0.05, 0) is 43.3 Å². The predicted molar refractivity (Wildman–Crippen MR) is 95.1 cm³/mol. The molecule has 2 aromatic rings. The number of rotatable bonds is 4. The number of carbonyl (C=O) groups is 1. The fourth-order valence-electron chi connectivity index (χ4n) is 3.01. The van der Waals surface area contributed by atoms with Crippen molar-refractivity contribution in [2.24, 2.45) is 0 Å². The third-order valence-electron chi connectivity index (χ3n) is 4.40. The molecular formula is C18H19FN2O4S. The lowest BCUT2D eigenvalue weighted by Gasteiger charge is -2.38. The van der Waals surface area contributed by atoms with Gasteiger partial charge in [0.25, 0.3) is 0 Å². The van der Waals surface area contributed by atoms with E-state index in [1.807, 2.05) is 0 Å². The maximum atomic E-state index is 13.1. The summed E-state index contributed by atoms with van der Waals surface area (Å²) in [5.41, 5.74) is 0.602. The van der Waals surface area contributed by atoms with E-state index in [1.54, 1.807) is 31.2 Å². The predicted octanol–water partition coefficient (Wildman–Crippen LogP) is 2.26. The van der Waals surface area contributed by atoms with Gasteiger partial charge in [-0.15, -0.1) is 0 Å². The molecule has 0 saturated carbocycles. The van der Waals surface area contributed by atoms with Gasteiger partial charge in [-0.3, -0.25) is 4.79 Å². The summed E-state index contributed by atoms with van der Waals surface area (Å²) in [6.07, 6.45) is 0. The number of benzene rings is 2. The van der Waals surface area contributed by atoms with E-state index in [4.69, 9.17) is 4.74 Å². The van der Waals surface area contributed by atoms with Crippen molar-refractivity contribution >= 4 is 21.6 Å². The third kappa shape index (κ3) is 3.17. The molecule has 0 unspecified atom stereocenters. The number of amides is 1. The molecule has 0 spiro atoms. The Morgan fingerprint density at radius 1 is 1.08 bits per heavy atom. The van der Waals surface area contributed by atoms with Crippen molar-refractivity contribution in [2.45, 2.75) is 17.9 Å². The monoisotopic (exact) mass is 378 g/mol. The number of carbonyl (C=O) groups excluding carboxylic acids is 1. The Morgan fingerprint density at radius 2 is 1.73 bits per heavy atom. The molecule has 1 heterocycles. The second kappa shape index (κ2) is 7.05. The van der Waals surface area contributed by atoms with Crippen molar-refractivity contribution in [3.63, 3.8) is 0 Å². The van der Waals surface area contributed by atoms with Crippen LogP contribution < -0.4 is 9.64 Å². The number of nitrogens with zero attached hydrogens (tertiary/aromatic N) is 2. The van der Waals surface area contributed by atoms with Crippen molar-refractivity contribution in [3.8, 4) is 5.75 Å². The minimum Gasteiger partial charge on any atom is -0.495 e. The first-order valence-corrected chi connectivity index (χ1v) is 9.52. The molecule has 26 heavy (non-hydrogen) atoms. The van der Waals surface area contributed by atoms with Gasteiger partial charge < -0.3 is 9.64 Å². The second-order valence-corrected chi connectivity index (χ2v) is 7.80. The van der Waals surface area contributed by atoms with Crippen molar-refractivity contribution < 1.29 is 22.3 Å². The molecule has 1 aliphatic heterocycles. The van der Waals surface area contributed by atoms with Crippen molar-refractivity contribution in [3.05, 3.63) is 54.3 Å². The standard InChI is InChI=1S/C18H19FN2O4S/c1-13-18(22)20(16-5-3-4-6-17(16)25-2)11-12-21(13)26(23,24)15-9-7-14(19)8-10-15/h3-10,13H,11-12H2,1-2H3/t13-/m0/s1. The zero-order chi connectivity index (χ0) is 18.9. The van der Waals surface area contributed by atoms with E-state index in [2.05, 4.69) is 0 Å². The molecule has 1 atom stereocenters. The molecule has 0 N–H and O–H groups in total. The summed E-state index contributed by atoms with van der Waals surface area (Å²) < 4.78 is 45.2. The van der Waals surface area contributed by atoms with E-state index in [0.717, 1.165) is 16.4 Å². The molecule has 1 saturated heterocycles. The lowest BCUT2D eigenvalue weighted by molar-refractivity contribution is -0.123. The first-order valence-electron chi connectivity index (χ1n) is 8.08. The number of para-hydroxylation sites is 2. The summed E-state index contributed by atoms with van der Waals surface area (Å²) in [6, 6.07) is 10.8. The fourth-order valence-corrected chi connectivity index (χ4v) is 4.59. The lowest BCUT2D eigenvalue weighted by Crippen LogP contribution is -2.57. The Balaban J connectivity index is 1.89. The van der Waals surface area contributed by atoms with E-state index in [-0.39, 0.29) is 23.9 Å². The Hall–Kier alpha value is -2.45. The van der Waals surface area contributed by atoms with E-state index in [0.29, 0.717) is 11.4 Å². The zero-order valence-electron chi connectivity index (χ0n) is 14.4. The van der Waals surface area contributed by atoms with Crippen LogP contribution >= 0.6 is 0 Å². The average molecular weight is 378 g/mol. The molecule has 8 heteroatoms. The summed E-state index contributed by atoms with van der Waals surface area (Å²) >= 11 is 0. The summed E-state index contributed by atoms with van der Waals surface area (Å²) in [4.78, 5) is 14.3. The lowest BCUT2D eigenvalue weighted by atomic mass is 10.2. The number of anilines is 1. The highest BCUT2D eigenvalue weighted by molar-refractivity contribution is 7.89. The van der Waals surface area contributed by atoms with Gasteiger partial charge in [-0.1, -0.05) is 12.1 Å². The Morgan fingerprint density at radius 3 is 2.38 bits per heavy atom. The number of hydrogen-bond donors (Lipinski definition) is 0. The molecule has 1 amide bonds. The van der Waals surface area contributed by atoms with Gasteiger partial charge in [0.2, 0.25) is 15.9 Å². The second-order valence-electron chi connectivity index (χ2n) is 5.91. The molecule has 6 nitrogen and oxygen atoms in total. The first kappa shape index (κ1) is 18.3. The fraction of sp³-hybridized carbons (Fsp3) is 0.278. The van der Waals surface area contributed by atoms with Crippen LogP contribution in [0.3, 0.4) is 0 Å². The highest BCUT2D eigenvalue weighted by atomic mass is 32.2. The molecule has 3 rings (SSSR count). The number of ether oxygens (including phenoxy) is 1. The van der Waals surface area contributed by atoms with Gasteiger partial charge in [0, 0.05) is 13.1 Å². The van der Waals surface area contributed by atoms with E-state index < -0.39 is 21.9 Å². The van der Waals surface area contributed by atoms with E-state index in [1.165, 1.54) is 24.1 Å². The van der Waals surface area contributed by atoms with Gasteiger partial charge in [0.15, 0.2) is 0 Å². The van der Waals surface area contributed by atoms with Crippen molar-refractivity contribution in [2.75, 3.05) is 25.1 Å². The number of hydrogen-bond acceptors (Lipinski definition) is 4. The van der Waals surface area contributed by atoms with Gasteiger partial charge in [-0.2, -0.15) is 4.31 Å². The molecule has 2 aromatic carbocycles. The van der Waals surface area contributed by atoms with Crippen molar-refractivity contribution in [1.29, 1.82) is 0 Å². The first-order chi connectivity index (χ1) is 12.4. The van der Waals surface area contributed by atoms with Gasteiger partial charge >= 0.3 is 0 Å². The zero-order valence-corrected chi connectivity index (χ0v) is 15.2. The largest absolute Gasteiger partial charge is 0.495 e. The van der Waals surface area contributed by atoms with Gasteiger partial charge in [0.05, 0.1) is 17.7 Å². The molecule has 1 aliphatic rings. The SMILES string of the molecule is COc1ccccc1N1CCN(S(=O)(=O)c2ccc(F)cc2)[C@@H](C)C1=O. The summed E-state index contributed by atoms with van der Waals surface area (Å²) in [6.45, 7) is 1.87. The minimum atomic E-state index is -3.89. The number of methoxy groups -OCH3 is 1. The Kier molecular flexibility index (Phi) is 4.97. The topological polar surface area (TPSA) is 66.9 Å². The number of piperazine rings is 1. The van der Waals surface area contributed by atoms with E-state index >= 15 is 0 Å². The average Bonchev–Trinajstić information content (AvgIpc) is 2.64. The third-order valence-corrected chi connectivity index (χ3v) is 6.38. The smallest absolute Gasteiger partial charge is 0.245 e. The van der Waals surface area contributed by atoms with Crippen LogP contribution in [0, 0.1) is 5.82 Å². The molecule has 0 aliphatic carbocycles. The Labute approximate surface area is 151 Å². The molecule has 1 fully saturated rings. The van der Waals surface area contributed by atoms with Gasteiger partial charge in [0.1, 0.15) is 17.6 Å². The van der Waals surface area contributed by atoms with Crippen LogP contribution in [0.1, 0.15) is 6.92 Å². The van der Waals surface area contributed by atoms with Crippen LogP contribution in [-0.2, 0) is 14.8 Å². The molecular weight excluding hydrogens is 359 g/mol. The molecule has 0 bridgehead atoms. The van der Waals surface area contributed by atoms with Crippen molar-refractivity contribution in [1.82, 2.24) is 4.31 Å². The van der Waals surface area contributed by atoms with Crippen LogP contribution in [0.5, 0.6) is 5.75 Å². The van der Waals surface area contributed by atoms with Crippen LogP contribution in [0.15, 0.2) is 53.4 Å². The quantitative estimate of drug-likeness (QED) is 0.819. The van der Waals surface area contributed by atoms with Crippen LogP contribution in [0.25, 0.3) is 0 Å². The summed E-state index contributed by atoms with van der Waals surface area (Å²) in [7, 11) is -2.38. The Bertz CT molecular complexity index is 915. The highest BCUT2D eigenvalue weighted by Crippen LogP contribution is 2.31. The summed E-state index contributed by atoms with van der Waals surface area (Å²) in [5, 5.41) is 0. The van der Waals surface area contributed by atoms with E-state index in [9.17, 15) is 17.6 Å². The highest BCUT2D eigenvalue weighted by Gasteiger charge is 2.40.